The quantitative estimate of drug-likeness (QED) is 0.510. The summed E-state index contributed by atoms with van der Waals surface area (Å²) in [6.45, 7) is 5.09. The molecule has 1 aromatic carbocycles. The second-order valence-electron chi connectivity index (χ2n) is 7.49. The van der Waals surface area contributed by atoms with Crippen LogP contribution in [0.4, 0.5) is 0 Å². The number of hydrogen-bond donors (Lipinski definition) is 0. The molecule has 2 aliphatic heterocycles. The number of nitrogens with zero attached hydrogens (tertiary/aromatic N) is 2. The van der Waals surface area contributed by atoms with Crippen molar-refractivity contribution in [2.45, 2.75) is 52.0 Å². The summed E-state index contributed by atoms with van der Waals surface area (Å²) >= 11 is 0. The minimum Gasteiger partial charge on any atom is -0.297 e. The Kier molecular flexibility index (Phi) is 6.24. The SMILES string of the molecule is CCCCCCCCN1C(=O)[C@H]2CN(Cc3ccccc3)C[C@H]2C1=O. The first kappa shape index (κ1) is 18.1. The van der Waals surface area contributed by atoms with Crippen molar-refractivity contribution in [3.63, 3.8) is 0 Å². The number of imide groups is 1. The van der Waals surface area contributed by atoms with Gasteiger partial charge in [0.25, 0.3) is 0 Å². The van der Waals surface area contributed by atoms with Crippen LogP contribution in [-0.2, 0) is 16.1 Å². The predicted octanol–water partition coefficient (Wildman–Crippen LogP) is 3.46. The van der Waals surface area contributed by atoms with E-state index in [0.29, 0.717) is 6.54 Å². The normalized spacial score (nSPS) is 23.5. The van der Waals surface area contributed by atoms with Crippen LogP contribution < -0.4 is 0 Å². The van der Waals surface area contributed by atoms with Crippen molar-refractivity contribution in [3.8, 4) is 0 Å². The van der Waals surface area contributed by atoms with Gasteiger partial charge in [0.1, 0.15) is 0 Å². The molecule has 4 nitrogen and oxygen atoms in total. The maximum absolute atomic E-state index is 12.6. The lowest BCUT2D eigenvalue weighted by atomic mass is 10.00. The minimum atomic E-state index is -0.115. The molecule has 0 unspecified atom stereocenters. The van der Waals surface area contributed by atoms with Gasteiger partial charge in [-0.2, -0.15) is 0 Å². The molecule has 3 rings (SSSR count). The van der Waals surface area contributed by atoms with E-state index in [-0.39, 0.29) is 23.7 Å². The third-order valence-corrected chi connectivity index (χ3v) is 5.55. The van der Waals surface area contributed by atoms with Crippen molar-refractivity contribution in [3.05, 3.63) is 35.9 Å². The lowest BCUT2D eigenvalue weighted by Crippen LogP contribution is -2.36. The standard InChI is InChI=1S/C21H30N2O2/c1-2-3-4-5-6-10-13-23-20(24)18-15-22(16-19(18)21(23)25)14-17-11-8-7-9-12-17/h7-9,11-12,18-19H,2-6,10,13-16H2,1H3/t18-,19+. The van der Waals surface area contributed by atoms with Gasteiger partial charge in [0.15, 0.2) is 0 Å². The zero-order chi connectivity index (χ0) is 17.6. The van der Waals surface area contributed by atoms with Gasteiger partial charge in [-0.05, 0) is 12.0 Å². The number of carbonyl (C=O) groups excluding carboxylic acids is 2. The van der Waals surface area contributed by atoms with E-state index < -0.39 is 0 Å². The molecular formula is C21H30N2O2. The number of unbranched alkanes of at least 4 members (excludes halogenated alkanes) is 5. The van der Waals surface area contributed by atoms with E-state index in [9.17, 15) is 9.59 Å². The summed E-state index contributed by atoms with van der Waals surface area (Å²) in [6, 6.07) is 10.3. The molecule has 0 bridgehead atoms. The highest BCUT2D eigenvalue weighted by molar-refractivity contribution is 6.05. The van der Waals surface area contributed by atoms with E-state index in [2.05, 4.69) is 24.0 Å². The van der Waals surface area contributed by atoms with E-state index in [1.54, 1.807) is 4.90 Å². The average Bonchev–Trinajstić information content (AvgIpc) is 3.13. The van der Waals surface area contributed by atoms with Gasteiger partial charge in [-0.25, -0.2) is 0 Å². The van der Waals surface area contributed by atoms with Gasteiger partial charge >= 0.3 is 0 Å². The lowest BCUT2D eigenvalue weighted by Gasteiger charge is -2.20. The fourth-order valence-electron chi connectivity index (χ4n) is 4.14. The molecule has 0 aliphatic carbocycles. The Morgan fingerprint density at radius 1 is 0.880 bits per heavy atom. The van der Waals surface area contributed by atoms with Gasteiger partial charge in [-0.15, -0.1) is 0 Å². The van der Waals surface area contributed by atoms with Crippen LogP contribution in [0.3, 0.4) is 0 Å². The van der Waals surface area contributed by atoms with Crippen LogP contribution in [0.1, 0.15) is 51.0 Å². The van der Waals surface area contributed by atoms with Crippen molar-refractivity contribution in [2.75, 3.05) is 19.6 Å². The van der Waals surface area contributed by atoms with E-state index in [1.165, 1.54) is 31.2 Å². The minimum absolute atomic E-state index is 0.0686. The van der Waals surface area contributed by atoms with E-state index in [1.807, 2.05) is 18.2 Å². The molecule has 2 fully saturated rings. The molecular weight excluding hydrogens is 312 g/mol. The number of benzene rings is 1. The van der Waals surface area contributed by atoms with E-state index in [4.69, 9.17) is 0 Å². The van der Waals surface area contributed by atoms with Crippen molar-refractivity contribution in [2.24, 2.45) is 11.8 Å². The first-order valence-electron chi connectivity index (χ1n) is 9.82. The van der Waals surface area contributed by atoms with Crippen molar-refractivity contribution < 1.29 is 9.59 Å². The average molecular weight is 342 g/mol. The summed E-state index contributed by atoms with van der Waals surface area (Å²) in [7, 11) is 0. The topological polar surface area (TPSA) is 40.6 Å². The molecule has 2 saturated heterocycles. The summed E-state index contributed by atoms with van der Waals surface area (Å²) < 4.78 is 0. The van der Waals surface area contributed by atoms with Gasteiger partial charge in [-0.3, -0.25) is 19.4 Å². The Hall–Kier alpha value is -1.68. The Morgan fingerprint density at radius 3 is 2.12 bits per heavy atom. The summed E-state index contributed by atoms with van der Waals surface area (Å²) in [4.78, 5) is 29.1. The van der Waals surface area contributed by atoms with Gasteiger partial charge in [0.05, 0.1) is 11.8 Å². The smallest absolute Gasteiger partial charge is 0.234 e. The molecule has 2 amide bonds. The van der Waals surface area contributed by atoms with Crippen LogP contribution in [-0.4, -0.2) is 41.2 Å². The number of fused-ring (bicyclic) bond motifs is 1. The van der Waals surface area contributed by atoms with Crippen LogP contribution >= 0.6 is 0 Å². The zero-order valence-electron chi connectivity index (χ0n) is 15.3. The molecule has 1 aromatic rings. The molecule has 4 heteroatoms. The van der Waals surface area contributed by atoms with Crippen molar-refractivity contribution in [1.82, 2.24) is 9.80 Å². The van der Waals surface area contributed by atoms with Crippen LogP contribution in [0.15, 0.2) is 30.3 Å². The predicted molar refractivity (Wildman–Crippen MR) is 98.8 cm³/mol. The molecule has 0 radical (unpaired) electrons. The second kappa shape index (κ2) is 8.61. The zero-order valence-corrected chi connectivity index (χ0v) is 15.3. The molecule has 2 aliphatic rings. The first-order valence-corrected chi connectivity index (χ1v) is 9.82. The largest absolute Gasteiger partial charge is 0.297 e. The number of rotatable bonds is 9. The molecule has 2 atom stereocenters. The van der Waals surface area contributed by atoms with Gasteiger partial charge in [-0.1, -0.05) is 69.4 Å². The molecule has 0 saturated carbocycles. The third kappa shape index (κ3) is 4.30. The van der Waals surface area contributed by atoms with Gasteiger partial charge in [0.2, 0.25) is 11.8 Å². The van der Waals surface area contributed by atoms with Crippen molar-refractivity contribution in [1.29, 1.82) is 0 Å². The van der Waals surface area contributed by atoms with Crippen molar-refractivity contribution >= 4 is 11.8 Å². The first-order chi connectivity index (χ1) is 12.2. The monoisotopic (exact) mass is 342 g/mol. The summed E-state index contributed by atoms with van der Waals surface area (Å²) in [5.74, 6) is -0.0918. The van der Waals surface area contributed by atoms with Crippen LogP contribution in [0.25, 0.3) is 0 Å². The van der Waals surface area contributed by atoms with Crippen LogP contribution in [0.2, 0.25) is 0 Å². The molecule has 25 heavy (non-hydrogen) atoms. The second-order valence-corrected chi connectivity index (χ2v) is 7.49. The maximum Gasteiger partial charge on any atom is 0.234 e. The maximum atomic E-state index is 12.6. The molecule has 0 N–H and O–H groups in total. The Labute approximate surface area is 151 Å². The molecule has 0 aromatic heterocycles. The van der Waals surface area contributed by atoms with E-state index in [0.717, 1.165) is 32.5 Å². The Bertz CT molecular complexity index is 563. The Morgan fingerprint density at radius 2 is 1.48 bits per heavy atom. The highest BCUT2D eigenvalue weighted by Gasteiger charge is 2.51. The number of hydrogen-bond acceptors (Lipinski definition) is 3. The number of likely N-dealkylation sites (tertiary alicyclic amines) is 2. The summed E-state index contributed by atoms with van der Waals surface area (Å²) in [5, 5.41) is 0. The van der Waals surface area contributed by atoms with Gasteiger partial charge in [0, 0.05) is 26.2 Å². The Balaban J connectivity index is 1.46. The summed E-state index contributed by atoms with van der Waals surface area (Å²) in [6.07, 6.45) is 7.07. The number of amides is 2. The summed E-state index contributed by atoms with van der Waals surface area (Å²) in [5.41, 5.74) is 1.24. The van der Waals surface area contributed by atoms with Crippen LogP contribution in [0.5, 0.6) is 0 Å². The lowest BCUT2D eigenvalue weighted by molar-refractivity contribution is -0.140. The van der Waals surface area contributed by atoms with Crippen LogP contribution in [0, 0.1) is 11.8 Å². The fourth-order valence-corrected chi connectivity index (χ4v) is 4.14. The molecule has 0 spiro atoms. The van der Waals surface area contributed by atoms with Gasteiger partial charge < -0.3 is 0 Å². The number of carbonyl (C=O) groups is 2. The van der Waals surface area contributed by atoms with E-state index >= 15 is 0 Å². The third-order valence-electron chi connectivity index (χ3n) is 5.55. The fraction of sp³-hybridized carbons (Fsp3) is 0.619. The highest BCUT2D eigenvalue weighted by Crippen LogP contribution is 2.34. The highest BCUT2D eigenvalue weighted by atomic mass is 16.2. The molecule has 2 heterocycles. The molecule has 136 valence electrons.